The van der Waals surface area contributed by atoms with Gasteiger partial charge in [-0.3, -0.25) is 0 Å². The Hall–Kier alpha value is -3.10. The topological polar surface area (TPSA) is 91.4 Å². The number of ether oxygens (including phenoxy) is 1. The van der Waals surface area contributed by atoms with Gasteiger partial charge in [0, 0.05) is 17.5 Å². The van der Waals surface area contributed by atoms with Gasteiger partial charge in [-0.05, 0) is 74.2 Å². The van der Waals surface area contributed by atoms with E-state index in [1.165, 1.54) is 10.4 Å². The summed E-state index contributed by atoms with van der Waals surface area (Å²) < 4.78 is 15.7. The van der Waals surface area contributed by atoms with Crippen molar-refractivity contribution in [1.82, 2.24) is 15.1 Å². The average Bonchev–Trinajstić information content (AvgIpc) is 3.47. The van der Waals surface area contributed by atoms with Crippen molar-refractivity contribution in [3.05, 3.63) is 72.4 Å². The maximum absolute atomic E-state index is 13.3. The Morgan fingerprint density at radius 1 is 0.929 bits per heavy atom. The number of nitrogens with two attached hydrogens (primary N) is 1. The highest BCUT2D eigenvalue weighted by Crippen LogP contribution is 2.57. The summed E-state index contributed by atoms with van der Waals surface area (Å²) in [6, 6.07) is 23.3. The number of hydrogen-bond donors (Lipinski definition) is 2. The lowest BCUT2D eigenvalue weighted by atomic mass is 9.50. The van der Waals surface area contributed by atoms with Gasteiger partial charge in [-0.25, -0.2) is 9.48 Å². The monoisotopic (exact) mass is 586 g/mol. The van der Waals surface area contributed by atoms with Gasteiger partial charge in [-0.1, -0.05) is 81.4 Å². The van der Waals surface area contributed by atoms with Crippen LogP contribution in [0.2, 0.25) is 5.04 Å². The van der Waals surface area contributed by atoms with Gasteiger partial charge < -0.3 is 20.2 Å². The Labute approximate surface area is 251 Å². The fourth-order valence-corrected chi connectivity index (χ4v) is 12.3. The molecule has 8 heteroatoms. The van der Waals surface area contributed by atoms with E-state index in [1.54, 1.807) is 0 Å². The molecule has 7 nitrogen and oxygen atoms in total. The molecule has 42 heavy (non-hydrogen) atoms. The molecule has 4 saturated carbocycles. The smallest absolute Gasteiger partial charge is 0.407 e. The zero-order valence-corrected chi connectivity index (χ0v) is 26.9. The first-order valence-electron chi connectivity index (χ1n) is 15.4. The predicted molar refractivity (Wildman–Crippen MR) is 170 cm³/mol. The number of anilines is 1. The molecule has 2 bridgehead atoms. The minimum absolute atomic E-state index is 0.0476. The van der Waals surface area contributed by atoms with E-state index in [9.17, 15) is 4.79 Å². The fourth-order valence-electron chi connectivity index (χ4n) is 7.53. The molecule has 2 aromatic carbocycles. The summed E-state index contributed by atoms with van der Waals surface area (Å²) >= 11 is 0. The van der Waals surface area contributed by atoms with E-state index in [0.717, 1.165) is 30.9 Å². The average molecular weight is 587 g/mol. The number of alkyl carbamates (subject to hydrolysis) is 1. The van der Waals surface area contributed by atoms with Crippen molar-refractivity contribution in [2.75, 3.05) is 5.73 Å². The van der Waals surface area contributed by atoms with Crippen molar-refractivity contribution < 1.29 is 14.0 Å². The Balaban J connectivity index is 1.37. The summed E-state index contributed by atoms with van der Waals surface area (Å²) in [6.45, 7) is 13.1. The number of benzene rings is 2. The van der Waals surface area contributed by atoms with Crippen LogP contribution >= 0.6 is 0 Å². The molecule has 3 aromatic rings. The zero-order valence-electron chi connectivity index (χ0n) is 25.9. The van der Waals surface area contributed by atoms with Crippen LogP contribution in [-0.2, 0) is 14.7 Å². The van der Waals surface area contributed by atoms with Crippen molar-refractivity contribution >= 4 is 30.6 Å². The molecule has 3 atom stereocenters. The molecule has 4 aliphatic rings. The van der Waals surface area contributed by atoms with Crippen LogP contribution in [0.4, 0.5) is 10.6 Å². The standard InChI is InChI=1S/C34H46N4O3Si/c1-32(2,3)38-30(35)19-27(37-38)24-17-28(40-31(39)36-34-20-23(21-34)22-34)29(18-24)41-42(33(4,5)6,25-13-9-7-10-14-25)26-15-11-8-12-16-26/h7-16,19,23-24,28-29H,17-18,20-22,35H2,1-6H3,(H,36,39). The SMILES string of the molecule is CC(C)(C)n1nc(C2CC(OC(=O)NC34CC(C3)C4)C(O[Si](c3ccccc3)(c3ccccc3)C(C)(C)C)C2)cc1N. The van der Waals surface area contributed by atoms with Gasteiger partial charge in [0.2, 0.25) is 0 Å². The van der Waals surface area contributed by atoms with E-state index in [2.05, 4.69) is 108 Å². The minimum atomic E-state index is -2.87. The summed E-state index contributed by atoms with van der Waals surface area (Å²) in [5.41, 5.74) is 7.09. The molecular weight excluding hydrogens is 540 g/mol. The third kappa shape index (κ3) is 5.06. The highest BCUT2D eigenvalue weighted by atomic mass is 28.4. The summed E-state index contributed by atoms with van der Waals surface area (Å²) in [5, 5.41) is 10.4. The summed E-state index contributed by atoms with van der Waals surface area (Å²) in [5.74, 6) is 1.48. The van der Waals surface area contributed by atoms with Crippen LogP contribution in [0, 0.1) is 5.92 Å². The molecule has 1 amide bonds. The van der Waals surface area contributed by atoms with E-state index in [4.69, 9.17) is 20.0 Å². The van der Waals surface area contributed by atoms with Crippen molar-refractivity contribution in [2.24, 2.45) is 5.92 Å². The lowest BCUT2D eigenvalue weighted by Gasteiger charge is -2.61. The second-order valence-corrected chi connectivity index (χ2v) is 19.1. The zero-order chi connectivity index (χ0) is 29.9. The van der Waals surface area contributed by atoms with Crippen LogP contribution in [0.25, 0.3) is 0 Å². The van der Waals surface area contributed by atoms with Gasteiger partial charge in [0.25, 0.3) is 8.32 Å². The third-order valence-electron chi connectivity index (χ3n) is 9.67. The maximum atomic E-state index is 13.3. The minimum Gasteiger partial charge on any atom is -0.443 e. The number of aromatic nitrogens is 2. The van der Waals surface area contributed by atoms with E-state index in [-0.39, 0.29) is 34.2 Å². The van der Waals surface area contributed by atoms with E-state index >= 15 is 0 Å². The Bertz CT molecular complexity index is 1370. The normalized spacial score (nSPS) is 27.2. The number of nitrogen functional groups attached to an aromatic ring is 1. The third-order valence-corrected chi connectivity index (χ3v) is 14.7. The van der Waals surface area contributed by atoms with Crippen molar-refractivity contribution in [3.8, 4) is 0 Å². The molecule has 3 unspecified atom stereocenters. The lowest BCUT2D eigenvalue weighted by Crippen LogP contribution is -2.69. The number of rotatable bonds is 7. The molecule has 0 radical (unpaired) electrons. The van der Waals surface area contributed by atoms with Gasteiger partial charge in [-0.2, -0.15) is 5.10 Å². The van der Waals surface area contributed by atoms with Gasteiger partial charge in [-0.15, -0.1) is 0 Å². The fraction of sp³-hybridized carbons (Fsp3) is 0.529. The number of nitrogens with zero attached hydrogens (tertiary/aromatic N) is 2. The number of hydrogen-bond acceptors (Lipinski definition) is 5. The maximum Gasteiger partial charge on any atom is 0.407 e. The van der Waals surface area contributed by atoms with Crippen LogP contribution in [0.1, 0.15) is 85.3 Å². The van der Waals surface area contributed by atoms with Crippen LogP contribution in [-0.4, -0.2) is 41.9 Å². The van der Waals surface area contributed by atoms with E-state index in [1.807, 2.05) is 10.7 Å². The van der Waals surface area contributed by atoms with Crippen LogP contribution in [0.3, 0.4) is 0 Å². The number of carbonyl (C=O) groups is 1. The Morgan fingerprint density at radius 2 is 1.48 bits per heavy atom. The second-order valence-electron chi connectivity index (χ2n) is 14.9. The molecule has 0 aliphatic heterocycles. The van der Waals surface area contributed by atoms with E-state index in [0.29, 0.717) is 18.7 Å². The van der Waals surface area contributed by atoms with Crippen LogP contribution < -0.4 is 21.4 Å². The molecule has 0 saturated heterocycles. The Morgan fingerprint density at radius 3 is 1.93 bits per heavy atom. The van der Waals surface area contributed by atoms with Crippen molar-refractivity contribution in [1.29, 1.82) is 0 Å². The summed E-state index contributed by atoms with van der Waals surface area (Å²) in [6.07, 6.45) is 3.55. The molecular formula is C34H46N4O3Si. The van der Waals surface area contributed by atoms with E-state index < -0.39 is 14.4 Å². The molecule has 4 fully saturated rings. The highest BCUT2D eigenvalue weighted by molar-refractivity contribution is 6.99. The van der Waals surface area contributed by atoms with Gasteiger partial charge in [0.15, 0.2) is 0 Å². The van der Waals surface area contributed by atoms with Gasteiger partial charge >= 0.3 is 6.09 Å². The largest absolute Gasteiger partial charge is 0.443 e. The first kappa shape index (κ1) is 29.0. The number of carbonyl (C=O) groups excluding carboxylic acids is 1. The summed E-state index contributed by atoms with van der Waals surface area (Å²) in [4.78, 5) is 13.3. The molecule has 1 heterocycles. The number of nitrogens with one attached hydrogen (secondary N) is 1. The second kappa shape index (κ2) is 10.3. The van der Waals surface area contributed by atoms with Crippen LogP contribution in [0.15, 0.2) is 66.7 Å². The molecule has 1 aromatic heterocycles. The first-order valence-corrected chi connectivity index (χ1v) is 17.3. The van der Waals surface area contributed by atoms with Gasteiger partial charge in [0.05, 0.1) is 17.3 Å². The molecule has 3 N–H and O–H groups in total. The number of amides is 1. The van der Waals surface area contributed by atoms with Crippen molar-refractivity contribution in [2.45, 2.75) is 108 Å². The van der Waals surface area contributed by atoms with Crippen molar-refractivity contribution in [3.63, 3.8) is 0 Å². The quantitative estimate of drug-likeness (QED) is 0.347. The predicted octanol–water partition coefficient (Wildman–Crippen LogP) is 5.69. The Kier molecular flexibility index (Phi) is 7.08. The lowest BCUT2D eigenvalue weighted by molar-refractivity contribution is -0.0550. The van der Waals surface area contributed by atoms with Gasteiger partial charge in [0.1, 0.15) is 11.9 Å². The molecule has 4 aliphatic carbocycles. The molecule has 0 spiro atoms. The summed E-state index contributed by atoms with van der Waals surface area (Å²) in [7, 11) is -2.87. The van der Waals surface area contributed by atoms with Crippen LogP contribution in [0.5, 0.6) is 0 Å². The first-order chi connectivity index (χ1) is 19.8. The highest BCUT2D eigenvalue weighted by Gasteiger charge is 2.58. The molecule has 7 rings (SSSR count). The molecule has 224 valence electrons.